The van der Waals surface area contributed by atoms with Gasteiger partial charge in [0.1, 0.15) is 5.82 Å². The van der Waals surface area contributed by atoms with E-state index >= 15 is 0 Å². The first-order chi connectivity index (χ1) is 8.06. The number of aryl methyl sites for hydroxylation is 2. The van der Waals surface area contributed by atoms with Crippen LogP contribution in [0.2, 0.25) is 5.02 Å². The molecule has 0 unspecified atom stereocenters. The number of hydrogen-bond donors (Lipinski definition) is 2. The number of hydrogen-bond acceptors (Lipinski definition) is 3. The number of aromatic nitrogens is 1. The highest BCUT2D eigenvalue weighted by Crippen LogP contribution is 2.24. The molecule has 4 heteroatoms. The normalized spacial score (nSPS) is 10.3. The quantitative estimate of drug-likeness (QED) is 0.851. The smallest absolute Gasteiger partial charge is 0.132 e. The third-order valence-electron chi connectivity index (χ3n) is 2.61. The predicted octanol–water partition coefficient (Wildman–Crippen LogP) is 3.68. The van der Waals surface area contributed by atoms with Crippen molar-refractivity contribution in [1.29, 1.82) is 0 Å². The number of nitrogens with one attached hydrogen (secondary N) is 1. The largest absolute Gasteiger partial charge is 0.398 e. The van der Waals surface area contributed by atoms with Gasteiger partial charge in [-0.3, -0.25) is 0 Å². The summed E-state index contributed by atoms with van der Waals surface area (Å²) in [4.78, 5) is 4.27. The van der Waals surface area contributed by atoms with Gasteiger partial charge in [0.15, 0.2) is 0 Å². The van der Waals surface area contributed by atoms with Crippen LogP contribution in [0.25, 0.3) is 0 Å². The van der Waals surface area contributed by atoms with E-state index in [2.05, 4.69) is 10.3 Å². The Kier molecular flexibility index (Phi) is 3.20. The molecular weight excluding hydrogens is 234 g/mol. The van der Waals surface area contributed by atoms with E-state index in [0.29, 0.717) is 5.02 Å². The van der Waals surface area contributed by atoms with E-state index < -0.39 is 0 Å². The molecule has 0 bridgehead atoms. The molecule has 0 fully saturated rings. The number of nitrogens with two attached hydrogens (primary N) is 1. The van der Waals surface area contributed by atoms with Crippen LogP contribution in [0, 0.1) is 13.8 Å². The lowest BCUT2D eigenvalue weighted by Crippen LogP contribution is -1.98. The highest BCUT2D eigenvalue weighted by molar-refractivity contribution is 6.30. The number of anilines is 3. The summed E-state index contributed by atoms with van der Waals surface area (Å²) in [6.07, 6.45) is 1.75. The first-order valence-electron chi connectivity index (χ1n) is 5.31. The topological polar surface area (TPSA) is 50.9 Å². The summed E-state index contributed by atoms with van der Waals surface area (Å²) in [7, 11) is 0. The second kappa shape index (κ2) is 4.63. The molecule has 1 heterocycles. The Morgan fingerprint density at radius 3 is 2.65 bits per heavy atom. The molecule has 17 heavy (non-hydrogen) atoms. The summed E-state index contributed by atoms with van der Waals surface area (Å²) in [5, 5.41) is 3.90. The molecule has 2 rings (SSSR count). The highest BCUT2D eigenvalue weighted by atomic mass is 35.5. The van der Waals surface area contributed by atoms with Gasteiger partial charge in [0.2, 0.25) is 0 Å². The zero-order valence-corrected chi connectivity index (χ0v) is 10.5. The molecule has 3 N–H and O–H groups in total. The van der Waals surface area contributed by atoms with Gasteiger partial charge in [-0.1, -0.05) is 17.7 Å². The molecule has 1 aromatic heterocycles. The van der Waals surface area contributed by atoms with Crippen molar-refractivity contribution in [2.75, 3.05) is 11.1 Å². The van der Waals surface area contributed by atoms with Crippen molar-refractivity contribution in [2.45, 2.75) is 13.8 Å². The fraction of sp³-hybridized carbons (Fsp3) is 0.154. The minimum atomic E-state index is 0.693. The number of nitrogen functional groups attached to an aromatic ring is 1. The minimum absolute atomic E-state index is 0.693. The van der Waals surface area contributed by atoms with Crippen molar-refractivity contribution in [2.24, 2.45) is 0 Å². The lowest BCUT2D eigenvalue weighted by molar-refractivity contribution is 1.26. The average Bonchev–Trinajstić information content (AvgIpc) is 2.29. The fourth-order valence-electron chi connectivity index (χ4n) is 1.47. The van der Waals surface area contributed by atoms with Crippen molar-refractivity contribution in [3.05, 3.63) is 46.6 Å². The third kappa shape index (κ3) is 2.68. The maximum Gasteiger partial charge on any atom is 0.132 e. The van der Waals surface area contributed by atoms with E-state index in [1.165, 1.54) is 0 Å². The molecule has 0 aliphatic heterocycles. The van der Waals surface area contributed by atoms with Crippen LogP contribution >= 0.6 is 11.6 Å². The Hall–Kier alpha value is -1.74. The molecule has 0 radical (unpaired) electrons. The van der Waals surface area contributed by atoms with Crippen LogP contribution in [-0.2, 0) is 0 Å². The molecule has 0 aliphatic carbocycles. The monoisotopic (exact) mass is 247 g/mol. The van der Waals surface area contributed by atoms with Gasteiger partial charge in [-0.2, -0.15) is 0 Å². The van der Waals surface area contributed by atoms with Crippen LogP contribution in [0.5, 0.6) is 0 Å². The van der Waals surface area contributed by atoms with Gasteiger partial charge in [0, 0.05) is 28.7 Å². The van der Waals surface area contributed by atoms with Gasteiger partial charge in [-0.05, 0) is 37.1 Å². The second-order valence-corrected chi connectivity index (χ2v) is 4.45. The molecule has 0 amide bonds. The summed E-state index contributed by atoms with van der Waals surface area (Å²) in [5.74, 6) is 0.721. The first kappa shape index (κ1) is 11.7. The zero-order valence-electron chi connectivity index (χ0n) is 9.79. The second-order valence-electron chi connectivity index (χ2n) is 4.01. The van der Waals surface area contributed by atoms with Gasteiger partial charge in [0.25, 0.3) is 0 Å². The van der Waals surface area contributed by atoms with Crippen LogP contribution in [-0.4, -0.2) is 4.98 Å². The molecule has 0 saturated heterocycles. The van der Waals surface area contributed by atoms with E-state index in [-0.39, 0.29) is 0 Å². The fourth-order valence-corrected chi connectivity index (χ4v) is 1.65. The van der Waals surface area contributed by atoms with Gasteiger partial charge >= 0.3 is 0 Å². The molecule has 0 aliphatic rings. The van der Waals surface area contributed by atoms with Crippen molar-refractivity contribution in [1.82, 2.24) is 4.98 Å². The highest BCUT2D eigenvalue weighted by Gasteiger charge is 2.02. The van der Waals surface area contributed by atoms with E-state index in [1.807, 2.05) is 38.1 Å². The molecule has 0 saturated carbocycles. The Balaban J connectivity index is 2.31. The van der Waals surface area contributed by atoms with Gasteiger partial charge in [0.05, 0.1) is 0 Å². The summed E-state index contributed by atoms with van der Waals surface area (Å²) in [6.45, 7) is 3.94. The van der Waals surface area contributed by atoms with Gasteiger partial charge in [-0.15, -0.1) is 0 Å². The molecular formula is C13H14ClN3. The van der Waals surface area contributed by atoms with Crippen LogP contribution in [0.15, 0.2) is 30.5 Å². The maximum atomic E-state index is 5.95. The maximum absolute atomic E-state index is 5.95. The average molecular weight is 248 g/mol. The lowest BCUT2D eigenvalue weighted by Gasteiger charge is -2.10. The van der Waals surface area contributed by atoms with Crippen LogP contribution in [0.4, 0.5) is 17.2 Å². The third-order valence-corrected chi connectivity index (χ3v) is 2.84. The predicted molar refractivity (Wildman–Crippen MR) is 72.9 cm³/mol. The molecule has 3 nitrogen and oxygen atoms in total. The van der Waals surface area contributed by atoms with Gasteiger partial charge < -0.3 is 11.1 Å². The number of nitrogens with zero attached hydrogens (tertiary/aromatic N) is 1. The Morgan fingerprint density at radius 2 is 1.94 bits per heavy atom. The molecule has 88 valence electrons. The standard InChI is InChI=1S/C13H14ClN3/c1-8-3-4-10(14)5-12(8)17-13-6-11(15)9(2)7-16-13/h3-7H,1-2H3,(H3,15,16,17). The van der Waals surface area contributed by atoms with E-state index in [0.717, 1.165) is 28.3 Å². The van der Waals surface area contributed by atoms with Gasteiger partial charge in [-0.25, -0.2) is 4.98 Å². The number of benzene rings is 1. The minimum Gasteiger partial charge on any atom is -0.398 e. The van der Waals surface area contributed by atoms with Crippen molar-refractivity contribution < 1.29 is 0 Å². The molecule has 0 atom stereocenters. The van der Waals surface area contributed by atoms with E-state index in [1.54, 1.807) is 6.20 Å². The summed E-state index contributed by atoms with van der Waals surface area (Å²) < 4.78 is 0. The lowest BCUT2D eigenvalue weighted by atomic mass is 10.2. The van der Waals surface area contributed by atoms with Crippen molar-refractivity contribution >= 4 is 28.8 Å². The molecule has 1 aromatic carbocycles. The SMILES string of the molecule is Cc1cnc(Nc2cc(Cl)ccc2C)cc1N. The Labute approximate surface area is 106 Å². The van der Waals surface area contributed by atoms with Crippen molar-refractivity contribution in [3.8, 4) is 0 Å². The number of pyridine rings is 1. The summed E-state index contributed by atoms with van der Waals surface area (Å²) >= 11 is 5.95. The van der Waals surface area contributed by atoms with Crippen molar-refractivity contribution in [3.63, 3.8) is 0 Å². The Bertz CT molecular complexity index is 552. The van der Waals surface area contributed by atoms with E-state index in [9.17, 15) is 0 Å². The summed E-state index contributed by atoms with van der Waals surface area (Å²) in [5.41, 5.74) is 9.58. The zero-order chi connectivity index (χ0) is 12.4. The van der Waals surface area contributed by atoms with E-state index in [4.69, 9.17) is 17.3 Å². The Morgan fingerprint density at radius 1 is 1.18 bits per heavy atom. The molecule has 2 aromatic rings. The number of rotatable bonds is 2. The van der Waals surface area contributed by atoms with Crippen LogP contribution < -0.4 is 11.1 Å². The molecule has 0 spiro atoms. The van der Waals surface area contributed by atoms with Crippen LogP contribution in [0.3, 0.4) is 0 Å². The summed E-state index contributed by atoms with van der Waals surface area (Å²) in [6, 6.07) is 7.51. The number of halogens is 1. The first-order valence-corrected chi connectivity index (χ1v) is 5.69. The van der Waals surface area contributed by atoms with Crippen LogP contribution in [0.1, 0.15) is 11.1 Å².